The number of ether oxygens (including phenoxy) is 2. The smallest absolute Gasteiger partial charge is 0.387 e. The van der Waals surface area contributed by atoms with Gasteiger partial charge in [0.25, 0.3) is 5.56 Å². The second kappa shape index (κ2) is 8.39. The number of benzene rings is 2. The van der Waals surface area contributed by atoms with Crippen LogP contribution in [0.1, 0.15) is 29.5 Å². The van der Waals surface area contributed by atoms with Crippen LogP contribution in [0, 0.1) is 11.3 Å². The number of hydrogen-bond donors (Lipinski definition) is 2. The molecule has 0 amide bonds. The number of halogens is 2. The van der Waals surface area contributed by atoms with Crippen molar-refractivity contribution < 1.29 is 18.3 Å². The molecular formula is C24H18F2N4O3. The normalized spacial score (nSPS) is 13.3. The Balaban J connectivity index is 1.67. The minimum absolute atomic E-state index is 0.0305. The molecule has 2 aromatic heterocycles. The summed E-state index contributed by atoms with van der Waals surface area (Å²) in [6.45, 7) is -2.98. The van der Waals surface area contributed by atoms with Crippen molar-refractivity contribution >= 4 is 10.9 Å². The Hall–Kier alpha value is -4.19. The van der Waals surface area contributed by atoms with Crippen LogP contribution in [0.3, 0.4) is 0 Å². The first-order valence-corrected chi connectivity index (χ1v) is 10.4. The van der Waals surface area contributed by atoms with Gasteiger partial charge in [0.05, 0.1) is 40.5 Å². The number of nitriles is 1. The van der Waals surface area contributed by atoms with Crippen LogP contribution in [-0.2, 0) is 6.42 Å². The molecule has 0 atom stereocenters. The van der Waals surface area contributed by atoms with Crippen molar-refractivity contribution in [2.45, 2.75) is 32.0 Å². The largest absolute Gasteiger partial charge is 0.487 e. The standard InChI is InChI=1S/C24H18F2N4O3/c25-24(26)33-19-8-5-14(10-20(19)32-16-6-7-16)22-17(9-13-3-1-2-4-15(13)11-27)21-18(29-22)12-28-30-23(21)31/h1-5,8,10,12,16,24,29H,6-7,9H2,(H,30,31). The Morgan fingerprint density at radius 1 is 1.18 bits per heavy atom. The first-order valence-electron chi connectivity index (χ1n) is 10.4. The average molecular weight is 448 g/mol. The van der Waals surface area contributed by atoms with Crippen molar-refractivity contribution in [3.63, 3.8) is 0 Å². The Labute approximate surface area is 186 Å². The molecule has 7 nitrogen and oxygen atoms in total. The van der Waals surface area contributed by atoms with Gasteiger partial charge in [0, 0.05) is 12.0 Å². The van der Waals surface area contributed by atoms with Crippen LogP contribution in [-0.4, -0.2) is 27.9 Å². The maximum atomic E-state index is 12.9. The van der Waals surface area contributed by atoms with Gasteiger partial charge in [-0.15, -0.1) is 0 Å². The highest BCUT2D eigenvalue weighted by Crippen LogP contribution is 2.39. The molecule has 9 heteroatoms. The topological polar surface area (TPSA) is 104 Å². The number of aromatic nitrogens is 3. The highest BCUT2D eigenvalue weighted by atomic mass is 19.3. The van der Waals surface area contributed by atoms with Gasteiger partial charge in [-0.05, 0) is 48.2 Å². The van der Waals surface area contributed by atoms with E-state index in [0.29, 0.717) is 39.7 Å². The molecule has 166 valence electrons. The van der Waals surface area contributed by atoms with Crippen molar-refractivity contribution in [2.75, 3.05) is 0 Å². The van der Waals surface area contributed by atoms with E-state index in [2.05, 4.69) is 26.0 Å². The third-order valence-electron chi connectivity index (χ3n) is 5.49. The lowest BCUT2D eigenvalue weighted by Gasteiger charge is -2.14. The van der Waals surface area contributed by atoms with E-state index in [1.807, 2.05) is 12.1 Å². The fourth-order valence-electron chi connectivity index (χ4n) is 3.84. The Bertz CT molecular complexity index is 1430. The molecule has 0 radical (unpaired) electrons. The minimum atomic E-state index is -2.98. The predicted octanol–water partition coefficient (Wildman–Crippen LogP) is 4.52. The van der Waals surface area contributed by atoms with Gasteiger partial charge in [0.1, 0.15) is 0 Å². The molecule has 2 aromatic carbocycles. The van der Waals surface area contributed by atoms with Gasteiger partial charge in [0.2, 0.25) is 0 Å². The van der Waals surface area contributed by atoms with Crippen molar-refractivity contribution in [1.29, 1.82) is 5.26 Å². The maximum absolute atomic E-state index is 12.9. The molecule has 0 unspecified atom stereocenters. The quantitative estimate of drug-likeness (QED) is 0.433. The number of aromatic amines is 2. The third-order valence-corrected chi connectivity index (χ3v) is 5.49. The number of rotatable bonds is 7. The average Bonchev–Trinajstić information content (AvgIpc) is 3.54. The van der Waals surface area contributed by atoms with Crippen LogP contribution in [0.2, 0.25) is 0 Å². The Morgan fingerprint density at radius 2 is 2.00 bits per heavy atom. The lowest BCUT2D eigenvalue weighted by molar-refractivity contribution is -0.0516. The molecule has 1 saturated carbocycles. The van der Waals surface area contributed by atoms with E-state index >= 15 is 0 Å². The van der Waals surface area contributed by atoms with E-state index in [4.69, 9.17) is 4.74 Å². The summed E-state index contributed by atoms with van der Waals surface area (Å²) in [5.74, 6) is 0.164. The minimum Gasteiger partial charge on any atom is -0.487 e. The maximum Gasteiger partial charge on any atom is 0.387 e. The molecule has 0 spiro atoms. The van der Waals surface area contributed by atoms with E-state index in [1.165, 1.54) is 12.3 Å². The van der Waals surface area contributed by atoms with Crippen molar-refractivity contribution in [3.8, 4) is 28.8 Å². The summed E-state index contributed by atoms with van der Waals surface area (Å²) in [5.41, 5.74) is 3.32. The van der Waals surface area contributed by atoms with E-state index in [1.54, 1.807) is 24.3 Å². The zero-order chi connectivity index (χ0) is 22.9. The van der Waals surface area contributed by atoms with Crippen molar-refractivity contribution in [3.05, 3.63) is 75.7 Å². The molecule has 0 bridgehead atoms. The van der Waals surface area contributed by atoms with Gasteiger partial charge in [-0.25, -0.2) is 5.10 Å². The van der Waals surface area contributed by atoms with Gasteiger partial charge < -0.3 is 14.5 Å². The monoisotopic (exact) mass is 448 g/mol. The molecule has 1 aliphatic carbocycles. The first-order chi connectivity index (χ1) is 16.0. The lowest BCUT2D eigenvalue weighted by atomic mass is 9.96. The number of H-pyrrole nitrogens is 2. The number of hydrogen-bond acceptors (Lipinski definition) is 5. The lowest BCUT2D eigenvalue weighted by Crippen LogP contribution is -2.08. The molecule has 0 saturated heterocycles. The highest BCUT2D eigenvalue weighted by Gasteiger charge is 2.26. The third kappa shape index (κ3) is 4.15. The predicted molar refractivity (Wildman–Crippen MR) is 116 cm³/mol. The van der Waals surface area contributed by atoms with E-state index < -0.39 is 6.61 Å². The Morgan fingerprint density at radius 3 is 2.76 bits per heavy atom. The molecule has 2 heterocycles. The summed E-state index contributed by atoms with van der Waals surface area (Å²) in [6, 6.07) is 14.0. The SMILES string of the molecule is N#Cc1ccccc1Cc1c(-c2ccc(OC(F)F)c(OC3CC3)c2)[nH]c2cn[nH]c(=O)c12. The van der Waals surface area contributed by atoms with Crippen molar-refractivity contribution in [1.82, 2.24) is 15.2 Å². The molecule has 0 aliphatic heterocycles. The van der Waals surface area contributed by atoms with Crippen LogP contribution in [0.4, 0.5) is 8.78 Å². The van der Waals surface area contributed by atoms with Crippen LogP contribution in [0.25, 0.3) is 22.2 Å². The second-order valence-corrected chi connectivity index (χ2v) is 7.77. The summed E-state index contributed by atoms with van der Waals surface area (Å²) >= 11 is 0. The summed E-state index contributed by atoms with van der Waals surface area (Å²) in [5, 5.41) is 16.2. The Kier molecular flexibility index (Phi) is 5.26. The second-order valence-electron chi connectivity index (χ2n) is 7.77. The van der Waals surface area contributed by atoms with Gasteiger partial charge in [0.15, 0.2) is 11.5 Å². The fraction of sp³-hybridized carbons (Fsp3) is 0.208. The summed E-state index contributed by atoms with van der Waals surface area (Å²) < 4.78 is 36.2. The number of fused-ring (bicyclic) bond motifs is 1. The van der Waals surface area contributed by atoms with Crippen molar-refractivity contribution in [2.24, 2.45) is 0 Å². The number of alkyl halides is 2. The zero-order valence-electron chi connectivity index (χ0n) is 17.3. The summed E-state index contributed by atoms with van der Waals surface area (Å²) in [7, 11) is 0. The van der Waals surface area contributed by atoms with Gasteiger partial charge in [-0.2, -0.15) is 19.1 Å². The summed E-state index contributed by atoms with van der Waals surface area (Å²) in [6.07, 6.45) is 3.48. The molecular weight excluding hydrogens is 430 g/mol. The zero-order valence-corrected chi connectivity index (χ0v) is 17.3. The van der Waals surface area contributed by atoms with E-state index in [0.717, 1.165) is 18.4 Å². The van der Waals surface area contributed by atoms with Crippen LogP contribution >= 0.6 is 0 Å². The number of nitrogens with one attached hydrogen (secondary N) is 2. The first kappa shape index (κ1) is 20.7. The molecule has 5 rings (SSSR count). The molecule has 33 heavy (non-hydrogen) atoms. The molecule has 1 aliphatic rings. The highest BCUT2D eigenvalue weighted by molar-refractivity contribution is 5.90. The van der Waals surface area contributed by atoms with Crippen LogP contribution in [0.5, 0.6) is 11.5 Å². The van der Waals surface area contributed by atoms with Crippen LogP contribution < -0.4 is 15.0 Å². The van der Waals surface area contributed by atoms with Crippen LogP contribution in [0.15, 0.2) is 53.5 Å². The fourth-order valence-corrected chi connectivity index (χ4v) is 3.84. The van der Waals surface area contributed by atoms with E-state index in [-0.39, 0.29) is 23.2 Å². The van der Waals surface area contributed by atoms with Gasteiger partial charge in [-0.1, -0.05) is 18.2 Å². The van der Waals surface area contributed by atoms with Gasteiger partial charge >= 0.3 is 6.61 Å². The molecule has 4 aromatic rings. The number of nitrogens with zero attached hydrogens (tertiary/aromatic N) is 2. The molecule has 2 N–H and O–H groups in total. The summed E-state index contributed by atoms with van der Waals surface area (Å²) in [4.78, 5) is 15.9. The van der Waals surface area contributed by atoms with E-state index in [9.17, 15) is 18.8 Å². The molecule has 1 fully saturated rings. The van der Waals surface area contributed by atoms with Gasteiger partial charge in [-0.3, -0.25) is 4.79 Å².